The number of aromatic nitrogens is 3. The smallest absolute Gasteiger partial charge is 0.311 e. The first-order valence-corrected chi connectivity index (χ1v) is 5.83. The van der Waals surface area contributed by atoms with Crippen LogP contribution < -0.4 is 5.32 Å². The van der Waals surface area contributed by atoms with Crippen LogP contribution in [0.3, 0.4) is 0 Å². The molecule has 0 atom stereocenters. The molecular formula is C10H10BrN5O2. The van der Waals surface area contributed by atoms with Crippen LogP contribution in [-0.4, -0.2) is 19.7 Å². The van der Waals surface area contributed by atoms with Gasteiger partial charge in [0.25, 0.3) is 0 Å². The van der Waals surface area contributed by atoms with Crippen molar-refractivity contribution in [2.24, 2.45) is 7.05 Å². The molecule has 2 aromatic rings. The van der Waals surface area contributed by atoms with Gasteiger partial charge >= 0.3 is 5.69 Å². The third kappa shape index (κ3) is 2.33. The Morgan fingerprint density at radius 3 is 2.78 bits per heavy atom. The normalized spacial score (nSPS) is 10.4. The van der Waals surface area contributed by atoms with Crippen LogP contribution in [0.5, 0.6) is 0 Å². The molecule has 0 amide bonds. The number of anilines is 2. The maximum atomic E-state index is 10.9. The molecular weight excluding hydrogens is 302 g/mol. The van der Waals surface area contributed by atoms with Crippen molar-refractivity contribution in [2.75, 3.05) is 5.32 Å². The topological polar surface area (TPSA) is 85.9 Å². The molecule has 2 heterocycles. The molecule has 94 valence electrons. The van der Waals surface area contributed by atoms with Crippen molar-refractivity contribution < 1.29 is 4.92 Å². The van der Waals surface area contributed by atoms with Gasteiger partial charge in [-0.3, -0.25) is 19.8 Å². The summed E-state index contributed by atoms with van der Waals surface area (Å²) in [6.45, 7) is 1.82. The summed E-state index contributed by atoms with van der Waals surface area (Å²) >= 11 is 3.25. The monoisotopic (exact) mass is 311 g/mol. The summed E-state index contributed by atoms with van der Waals surface area (Å²) in [5, 5.41) is 18.1. The van der Waals surface area contributed by atoms with Crippen LogP contribution in [0.1, 0.15) is 5.69 Å². The Morgan fingerprint density at radius 1 is 1.50 bits per heavy atom. The molecule has 0 aliphatic heterocycles. The average Bonchev–Trinajstić information content (AvgIpc) is 2.60. The molecule has 2 rings (SSSR count). The number of rotatable bonds is 3. The molecule has 0 radical (unpaired) electrons. The van der Waals surface area contributed by atoms with E-state index in [0.29, 0.717) is 15.8 Å². The van der Waals surface area contributed by atoms with Gasteiger partial charge in [-0.05, 0) is 22.9 Å². The van der Waals surface area contributed by atoms with Gasteiger partial charge in [-0.25, -0.2) is 0 Å². The van der Waals surface area contributed by atoms with Crippen LogP contribution in [-0.2, 0) is 7.05 Å². The van der Waals surface area contributed by atoms with E-state index < -0.39 is 4.92 Å². The van der Waals surface area contributed by atoms with E-state index in [1.165, 1.54) is 12.4 Å². The summed E-state index contributed by atoms with van der Waals surface area (Å²) in [6, 6.07) is 0. The number of nitrogens with one attached hydrogen (secondary N) is 1. The second kappa shape index (κ2) is 4.73. The summed E-state index contributed by atoms with van der Waals surface area (Å²) < 4.78 is 2.17. The second-order valence-electron chi connectivity index (χ2n) is 3.70. The standard InChI is InChI=1S/C10H10BrN5O2/c1-6-8(5-15(2)14-6)13-10-7(11)3-12-4-9(10)16(17)18/h3-5H,1-2H3,(H,12,13). The number of nitrogens with zero attached hydrogens (tertiary/aromatic N) is 4. The maximum Gasteiger partial charge on any atom is 0.311 e. The zero-order valence-corrected chi connectivity index (χ0v) is 11.3. The lowest BCUT2D eigenvalue weighted by atomic mass is 10.3. The molecule has 0 aromatic carbocycles. The van der Waals surface area contributed by atoms with Crippen LogP contribution in [0.2, 0.25) is 0 Å². The minimum absolute atomic E-state index is 0.0902. The molecule has 0 saturated heterocycles. The van der Waals surface area contributed by atoms with Gasteiger partial charge < -0.3 is 5.32 Å². The van der Waals surface area contributed by atoms with Gasteiger partial charge in [-0.1, -0.05) is 0 Å². The van der Waals surface area contributed by atoms with Gasteiger partial charge in [0.1, 0.15) is 11.9 Å². The van der Waals surface area contributed by atoms with Gasteiger partial charge in [-0.2, -0.15) is 5.10 Å². The highest BCUT2D eigenvalue weighted by molar-refractivity contribution is 9.10. The van der Waals surface area contributed by atoms with Crippen LogP contribution in [0.15, 0.2) is 23.1 Å². The Labute approximate surface area is 111 Å². The lowest BCUT2D eigenvalue weighted by Gasteiger charge is -2.07. The van der Waals surface area contributed by atoms with Crippen molar-refractivity contribution in [3.8, 4) is 0 Å². The lowest BCUT2D eigenvalue weighted by molar-refractivity contribution is -0.384. The highest BCUT2D eigenvalue weighted by Gasteiger charge is 2.18. The highest BCUT2D eigenvalue weighted by atomic mass is 79.9. The van der Waals surface area contributed by atoms with E-state index in [9.17, 15) is 10.1 Å². The summed E-state index contributed by atoms with van der Waals surface area (Å²) in [4.78, 5) is 14.2. The average molecular weight is 312 g/mol. The Balaban J connectivity index is 2.45. The SMILES string of the molecule is Cc1nn(C)cc1Nc1c(Br)cncc1[N+](=O)[O-]. The molecule has 0 spiro atoms. The molecule has 8 heteroatoms. The van der Waals surface area contributed by atoms with E-state index in [0.717, 1.165) is 5.69 Å². The summed E-state index contributed by atoms with van der Waals surface area (Å²) in [6.07, 6.45) is 4.46. The van der Waals surface area contributed by atoms with Gasteiger partial charge in [0, 0.05) is 19.4 Å². The fraction of sp³-hybridized carbons (Fsp3) is 0.200. The molecule has 0 unspecified atom stereocenters. The van der Waals surface area contributed by atoms with Crippen molar-refractivity contribution >= 4 is 33.0 Å². The predicted octanol–water partition coefficient (Wildman–Crippen LogP) is 2.54. The minimum atomic E-state index is -0.480. The van der Waals surface area contributed by atoms with Gasteiger partial charge in [-0.15, -0.1) is 0 Å². The first-order chi connectivity index (χ1) is 8.49. The molecule has 0 aliphatic carbocycles. The van der Waals surface area contributed by atoms with Crippen LogP contribution in [0.4, 0.5) is 17.1 Å². The van der Waals surface area contributed by atoms with E-state index in [-0.39, 0.29) is 5.69 Å². The Kier molecular flexibility index (Phi) is 3.28. The Morgan fingerprint density at radius 2 is 2.22 bits per heavy atom. The first kappa shape index (κ1) is 12.5. The molecule has 0 fully saturated rings. The summed E-state index contributed by atoms with van der Waals surface area (Å²) in [7, 11) is 1.79. The van der Waals surface area contributed by atoms with Gasteiger partial charge in [0.2, 0.25) is 0 Å². The lowest BCUT2D eigenvalue weighted by Crippen LogP contribution is -1.99. The van der Waals surface area contributed by atoms with E-state index in [2.05, 4.69) is 31.3 Å². The number of aryl methyl sites for hydroxylation is 2. The van der Waals surface area contributed by atoms with E-state index in [1.54, 1.807) is 17.9 Å². The summed E-state index contributed by atoms with van der Waals surface area (Å²) in [5.74, 6) is 0. The fourth-order valence-electron chi connectivity index (χ4n) is 1.54. The van der Waals surface area contributed by atoms with Crippen LogP contribution >= 0.6 is 15.9 Å². The molecule has 0 saturated carbocycles. The highest BCUT2D eigenvalue weighted by Crippen LogP contribution is 2.34. The molecule has 18 heavy (non-hydrogen) atoms. The quantitative estimate of drug-likeness (QED) is 0.695. The molecule has 2 aromatic heterocycles. The van der Waals surface area contributed by atoms with E-state index >= 15 is 0 Å². The number of nitro groups is 1. The van der Waals surface area contributed by atoms with Crippen LogP contribution in [0, 0.1) is 17.0 Å². The largest absolute Gasteiger partial charge is 0.346 e. The predicted molar refractivity (Wildman–Crippen MR) is 69.8 cm³/mol. The third-order valence-corrected chi connectivity index (χ3v) is 2.95. The fourth-order valence-corrected chi connectivity index (χ4v) is 1.96. The molecule has 0 bridgehead atoms. The number of halogens is 1. The maximum absolute atomic E-state index is 10.9. The number of hydrogen-bond donors (Lipinski definition) is 1. The first-order valence-electron chi connectivity index (χ1n) is 5.04. The van der Waals surface area contributed by atoms with Gasteiger partial charge in [0.05, 0.1) is 20.8 Å². The summed E-state index contributed by atoms with van der Waals surface area (Å²) in [5.41, 5.74) is 1.75. The molecule has 1 N–H and O–H groups in total. The van der Waals surface area contributed by atoms with Crippen molar-refractivity contribution in [3.05, 3.63) is 38.9 Å². The van der Waals surface area contributed by atoms with Crippen LogP contribution in [0.25, 0.3) is 0 Å². The minimum Gasteiger partial charge on any atom is -0.346 e. The van der Waals surface area contributed by atoms with Crippen molar-refractivity contribution in [3.63, 3.8) is 0 Å². The Bertz CT molecular complexity index is 610. The van der Waals surface area contributed by atoms with E-state index in [1.807, 2.05) is 6.92 Å². The van der Waals surface area contributed by atoms with Crippen molar-refractivity contribution in [2.45, 2.75) is 6.92 Å². The Hall–Kier alpha value is -1.96. The number of pyridine rings is 1. The zero-order chi connectivity index (χ0) is 13.3. The second-order valence-corrected chi connectivity index (χ2v) is 4.55. The van der Waals surface area contributed by atoms with Crippen molar-refractivity contribution in [1.82, 2.24) is 14.8 Å². The number of hydrogen-bond acceptors (Lipinski definition) is 5. The zero-order valence-electron chi connectivity index (χ0n) is 9.72. The van der Waals surface area contributed by atoms with E-state index in [4.69, 9.17) is 0 Å². The molecule has 0 aliphatic rings. The van der Waals surface area contributed by atoms with Crippen molar-refractivity contribution in [1.29, 1.82) is 0 Å². The van der Waals surface area contributed by atoms with Gasteiger partial charge in [0.15, 0.2) is 0 Å². The third-order valence-electron chi connectivity index (χ3n) is 2.35. The molecule has 7 nitrogen and oxygen atoms in total.